The van der Waals surface area contributed by atoms with Gasteiger partial charge in [0.25, 0.3) is 5.91 Å². The zero-order valence-corrected chi connectivity index (χ0v) is 13.2. The van der Waals surface area contributed by atoms with E-state index >= 15 is 0 Å². The molecule has 1 heterocycles. The summed E-state index contributed by atoms with van der Waals surface area (Å²) in [6.45, 7) is 0.373. The van der Waals surface area contributed by atoms with Crippen molar-refractivity contribution in [3.05, 3.63) is 35.6 Å². The number of rotatable bonds is 3. The van der Waals surface area contributed by atoms with E-state index in [2.05, 4.69) is 0 Å². The molecule has 1 saturated carbocycles. The van der Waals surface area contributed by atoms with Crippen molar-refractivity contribution in [1.82, 2.24) is 4.90 Å². The SMILES string of the molecule is O=C(c1ccccc1F)N1CC(S(=O)(=O)C2CCCCC2)C1. The molecule has 6 heteroatoms. The monoisotopic (exact) mass is 325 g/mol. The van der Waals surface area contributed by atoms with E-state index in [1.807, 2.05) is 0 Å². The molecule has 1 saturated heterocycles. The van der Waals surface area contributed by atoms with Gasteiger partial charge in [-0.25, -0.2) is 12.8 Å². The normalized spacial score (nSPS) is 20.7. The van der Waals surface area contributed by atoms with Crippen LogP contribution in [0.25, 0.3) is 0 Å². The molecule has 0 aromatic heterocycles. The number of carbonyl (C=O) groups is 1. The van der Waals surface area contributed by atoms with Crippen LogP contribution in [0.2, 0.25) is 0 Å². The van der Waals surface area contributed by atoms with Crippen LogP contribution in [-0.2, 0) is 9.84 Å². The molecule has 4 nitrogen and oxygen atoms in total. The highest BCUT2D eigenvalue weighted by Crippen LogP contribution is 2.30. The Morgan fingerprint density at radius 1 is 1.05 bits per heavy atom. The standard InChI is InChI=1S/C16H20FNO3S/c17-15-9-5-4-8-14(15)16(19)18-10-13(11-18)22(20,21)12-6-2-1-3-7-12/h4-5,8-9,12-13H,1-3,6-7,10-11H2. The van der Waals surface area contributed by atoms with Gasteiger partial charge < -0.3 is 4.90 Å². The minimum atomic E-state index is -3.17. The van der Waals surface area contributed by atoms with Crippen LogP contribution in [0.4, 0.5) is 4.39 Å². The summed E-state index contributed by atoms with van der Waals surface area (Å²) in [7, 11) is -3.17. The van der Waals surface area contributed by atoms with E-state index in [9.17, 15) is 17.6 Å². The van der Waals surface area contributed by atoms with E-state index in [4.69, 9.17) is 0 Å². The Hall–Kier alpha value is -1.43. The van der Waals surface area contributed by atoms with Gasteiger partial charge in [-0.15, -0.1) is 0 Å². The van der Waals surface area contributed by atoms with Crippen molar-refractivity contribution in [2.45, 2.75) is 42.6 Å². The summed E-state index contributed by atoms with van der Waals surface area (Å²) in [6.07, 6.45) is 4.51. The first-order chi connectivity index (χ1) is 10.5. The number of hydrogen-bond acceptors (Lipinski definition) is 3. The van der Waals surface area contributed by atoms with E-state index in [-0.39, 0.29) is 23.9 Å². The third-order valence-electron chi connectivity index (χ3n) is 4.72. The number of sulfone groups is 1. The number of carbonyl (C=O) groups excluding carboxylic acids is 1. The molecule has 1 amide bonds. The van der Waals surface area contributed by atoms with Gasteiger partial charge in [0.1, 0.15) is 5.82 Å². The minimum Gasteiger partial charge on any atom is -0.336 e. The quantitative estimate of drug-likeness (QED) is 0.857. The first-order valence-corrected chi connectivity index (χ1v) is 9.37. The van der Waals surface area contributed by atoms with Gasteiger partial charge in [0, 0.05) is 13.1 Å². The Kier molecular flexibility index (Phi) is 4.21. The van der Waals surface area contributed by atoms with Crippen LogP contribution in [0.1, 0.15) is 42.5 Å². The molecule has 1 aromatic rings. The average Bonchev–Trinajstić information content (AvgIpc) is 2.46. The number of amides is 1. The zero-order chi connectivity index (χ0) is 15.7. The average molecular weight is 325 g/mol. The largest absolute Gasteiger partial charge is 0.336 e. The lowest BCUT2D eigenvalue weighted by atomic mass is 10.0. The molecule has 1 aliphatic carbocycles. The molecular formula is C16H20FNO3S. The van der Waals surface area contributed by atoms with Gasteiger partial charge in [0.15, 0.2) is 9.84 Å². The lowest BCUT2D eigenvalue weighted by Crippen LogP contribution is -2.58. The van der Waals surface area contributed by atoms with Crippen molar-refractivity contribution in [1.29, 1.82) is 0 Å². The van der Waals surface area contributed by atoms with E-state index in [1.165, 1.54) is 23.1 Å². The summed E-state index contributed by atoms with van der Waals surface area (Å²) in [6, 6.07) is 5.80. The lowest BCUT2D eigenvalue weighted by molar-refractivity contribution is 0.0653. The topological polar surface area (TPSA) is 54.5 Å². The van der Waals surface area contributed by atoms with E-state index in [1.54, 1.807) is 6.07 Å². The molecule has 3 rings (SSSR count). The van der Waals surface area contributed by atoms with Gasteiger partial charge in [0.05, 0.1) is 16.1 Å². The highest BCUT2D eigenvalue weighted by atomic mass is 32.2. The van der Waals surface area contributed by atoms with Crippen molar-refractivity contribution in [2.75, 3.05) is 13.1 Å². The van der Waals surface area contributed by atoms with Crippen LogP contribution in [0, 0.1) is 5.82 Å². The minimum absolute atomic E-state index is 0.0102. The molecular weight excluding hydrogens is 305 g/mol. The van der Waals surface area contributed by atoms with E-state index in [0.717, 1.165) is 32.1 Å². The van der Waals surface area contributed by atoms with Crippen molar-refractivity contribution in [2.24, 2.45) is 0 Å². The molecule has 0 unspecified atom stereocenters. The molecule has 0 bridgehead atoms. The Labute approximate surface area is 130 Å². The second-order valence-electron chi connectivity index (χ2n) is 6.16. The molecule has 1 aromatic carbocycles. The number of likely N-dealkylation sites (tertiary alicyclic amines) is 1. The number of halogens is 1. The highest BCUT2D eigenvalue weighted by molar-refractivity contribution is 7.92. The predicted molar refractivity (Wildman–Crippen MR) is 81.9 cm³/mol. The summed E-state index contributed by atoms with van der Waals surface area (Å²) in [5.41, 5.74) is 0.0102. The van der Waals surface area contributed by atoms with Crippen molar-refractivity contribution < 1.29 is 17.6 Å². The number of benzene rings is 1. The molecule has 22 heavy (non-hydrogen) atoms. The van der Waals surface area contributed by atoms with Gasteiger partial charge in [-0.2, -0.15) is 0 Å². The van der Waals surface area contributed by atoms with E-state index in [0.29, 0.717) is 0 Å². The molecule has 2 aliphatic rings. The van der Waals surface area contributed by atoms with Gasteiger partial charge in [-0.1, -0.05) is 31.4 Å². The summed E-state index contributed by atoms with van der Waals surface area (Å²) in [5, 5.41) is -0.733. The molecule has 0 spiro atoms. The molecule has 0 radical (unpaired) electrons. The Bertz CT molecular complexity index is 662. The van der Waals surface area contributed by atoms with Gasteiger partial charge >= 0.3 is 0 Å². The lowest BCUT2D eigenvalue weighted by Gasteiger charge is -2.40. The first-order valence-electron chi connectivity index (χ1n) is 7.76. The molecule has 2 fully saturated rings. The summed E-state index contributed by atoms with van der Waals surface area (Å²) >= 11 is 0. The fourth-order valence-electron chi connectivity index (χ4n) is 3.28. The van der Waals surface area contributed by atoms with Crippen LogP contribution in [0.3, 0.4) is 0 Å². The van der Waals surface area contributed by atoms with Crippen molar-refractivity contribution in [3.8, 4) is 0 Å². The number of nitrogens with zero attached hydrogens (tertiary/aromatic N) is 1. The molecule has 0 N–H and O–H groups in total. The van der Waals surface area contributed by atoms with Gasteiger partial charge in [0.2, 0.25) is 0 Å². The maximum Gasteiger partial charge on any atom is 0.256 e. The van der Waals surface area contributed by atoms with Gasteiger partial charge in [-0.05, 0) is 25.0 Å². The fourth-order valence-corrected chi connectivity index (χ4v) is 5.59. The number of hydrogen-bond donors (Lipinski definition) is 0. The molecule has 1 aliphatic heterocycles. The first kappa shape index (κ1) is 15.5. The zero-order valence-electron chi connectivity index (χ0n) is 12.4. The summed E-state index contributed by atoms with van der Waals surface area (Å²) in [5.74, 6) is -0.987. The van der Waals surface area contributed by atoms with Crippen molar-refractivity contribution >= 4 is 15.7 Å². The Balaban J connectivity index is 1.64. The summed E-state index contributed by atoms with van der Waals surface area (Å²) in [4.78, 5) is 13.6. The summed E-state index contributed by atoms with van der Waals surface area (Å²) < 4.78 is 38.7. The maximum absolute atomic E-state index is 13.6. The third-order valence-corrected chi connectivity index (χ3v) is 7.35. The van der Waals surface area contributed by atoms with Crippen molar-refractivity contribution in [3.63, 3.8) is 0 Å². The maximum atomic E-state index is 13.6. The van der Waals surface area contributed by atoms with Crippen LogP contribution in [0.15, 0.2) is 24.3 Å². The smallest absolute Gasteiger partial charge is 0.256 e. The molecule has 120 valence electrons. The second-order valence-corrected chi connectivity index (χ2v) is 8.67. The fraction of sp³-hybridized carbons (Fsp3) is 0.562. The highest BCUT2D eigenvalue weighted by Gasteiger charge is 2.44. The Morgan fingerprint density at radius 3 is 2.32 bits per heavy atom. The molecule has 0 atom stereocenters. The van der Waals surface area contributed by atoms with Crippen LogP contribution < -0.4 is 0 Å². The van der Waals surface area contributed by atoms with Crippen LogP contribution >= 0.6 is 0 Å². The van der Waals surface area contributed by atoms with Crippen LogP contribution in [-0.4, -0.2) is 42.8 Å². The predicted octanol–water partition coefficient (Wildman–Crippen LogP) is 2.40. The third kappa shape index (κ3) is 2.76. The van der Waals surface area contributed by atoms with E-state index < -0.39 is 26.8 Å². The second kappa shape index (κ2) is 5.99. The Morgan fingerprint density at radius 2 is 1.68 bits per heavy atom. The van der Waals surface area contributed by atoms with Gasteiger partial charge in [-0.3, -0.25) is 4.79 Å². The van der Waals surface area contributed by atoms with Crippen LogP contribution in [0.5, 0.6) is 0 Å².